The summed E-state index contributed by atoms with van der Waals surface area (Å²) in [5, 5.41) is 11.4. The van der Waals surface area contributed by atoms with Gasteiger partial charge in [-0.2, -0.15) is 5.26 Å². The third kappa shape index (κ3) is 3.63. The van der Waals surface area contributed by atoms with Gasteiger partial charge in [-0.05, 0) is 34.5 Å². The molecule has 1 atom stereocenters. The van der Waals surface area contributed by atoms with E-state index in [2.05, 4.69) is 26.2 Å². The number of carbonyl (C=O) groups is 1. The zero-order valence-corrected chi connectivity index (χ0v) is 10.5. The Kier molecular flexibility index (Phi) is 4.93. The Balaban J connectivity index is 2.65. The number of hydrogen-bond acceptors (Lipinski definition) is 3. The first kappa shape index (κ1) is 12.7. The number of pyridine rings is 1. The average molecular weight is 282 g/mol. The van der Waals surface area contributed by atoms with Gasteiger partial charge in [-0.3, -0.25) is 4.79 Å². The maximum absolute atomic E-state index is 11.7. The first-order valence-electron chi connectivity index (χ1n) is 4.96. The minimum absolute atomic E-state index is 0.0962. The Morgan fingerprint density at radius 1 is 1.69 bits per heavy atom. The highest BCUT2D eigenvalue weighted by Gasteiger charge is 2.11. The van der Waals surface area contributed by atoms with E-state index in [4.69, 9.17) is 5.26 Å². The van der Waals surface area contributed by atoms with Crippen LogP contribution in [0.3, 0.4) is 0 Å². The van der Waals surface area contributed by atoms with Gasteiger partial charge >= 0.3 is 0 Å². The summed E-state index contributed by atoms with van der Waals surface area (Å²) in [7, 11) is 0. The minimum Gasteiger partial charge on any atom is -0.348 e. The third-order valence-electron chi connectivity index (χ3n) is 2.16. The Morgan fingerprint density at radius 2 is 2.44 bits per heavy atom. The third-order valence-corrected chi connectivity index (χ3v) is 2.62. The second kappa shape index (κ2) is 6.23. The molecule has 0 saturated heterocycles. The topological polar surface area (TPSA) is 65.8 Å². The van der Waals surface area contributed by atoms with Crippen molar-refractivity contribution in [3.63, 3.8) is 0 Å². The minimum atomic E-state index is -0.192. The lowest BCUT2D eigenvalue weighted by Gasteiger charge is -2.13. The summed E-state index contributed by atoms with van der Waals surface area (Å²) in [5.74, 6) is -0.192. The lowest BCUT2D eigenvalue weighted by atomic mass is 10.1. The van der Waals surface area contributed by atoms with E-state index in [1.807, 2.05) is 13.0 Å². The number of hydrogen-bond donors (Lipinski definition) is 1. The van der Waals surface area contributed by atoms with Gasteiger partial charge in [0, 0.05) is 12.2 Å². The molecule has 5 heteroatoms. The molecule has 1 amide bonds. The van der Waals surface area contributed by atoms with Crippen LogP contribution in [0.5, 0.6) is 0 Å². The summed E-state index contributed by atoms with van der Waals surface area (Å²) in [4.78, 5) is 15.7. The van der Waals surface area contributed by atoms with Crippen LogP contribution >= 0.6 is 15.9 Å². The van der Waals surface area contributed by atoms with Crippen molar-refractivity contribution in [2.24, 2.45) is 0 Å². The Labute approximate surface area is 103 Å². The molecule has 84 valence electrons. The number of rotatable bonds is 4. The lowest BCUT2D eigenvalue weighted by Crippen LogP contribution is -2.34. The number of amides is 1. The average Bonchev–Trinajstić information content (AvgIpc) is 2.29. The van der Waals surface area contributed by atoms with E-state index in [0.29, 0.717) is 16.6 Å². The smallest absolute Gasteiger partial charge is 0.253 e. The highest BCUT2D eigenvalue weighted by Crippen LogP contribution is 2.07. The molecule has 0 saturated carbocycles. The van der Waals surface area contributed by atoms with Crippen LogP contribution in [-0.4, -0.2) is 16.9 Å². The molecule has 0 aliphatic rings. The van der Waals surface area contributed by atoms with E-state index >= 15 is 0 Å². The van der Waals surface area contributed by atoms with Crippen LogP contribution in [-0.2, 0) is 0 Å². The van der Waals surface area contributed by atoms with Crippen molar-refractivity contribution in [3.8, 4) is 6.07 Å². The molecule has 0 aliphatic heterocycles. The fourth-order valence-electron chi connectivity index (χ4n) is 1.19. The molecule has 1 rings (SSSR count). The van der Waals surface area contributed by atoms with Gasteiger partial charge in [-0.1, -0.05) is 6.92 Å². The maximum Gasteiger partial charge on any atom is 0.253 e. The fourth-order valence-corrected chi connectivity index (χ4v) is 1.42. The largest absolute Gasteiger partial charge is 0.348 e. The Morgan fingerprint density at radius 3 is 2.94 bits per heavy atom. The normalized spacial score (nSPS) is 11.6. The highest BCUT2D eigenvalue weighted by atomic mass is 79.9. The van der Waals surface area contributed by atoms with E-state index in [9.17, 15) is 4.79 Å². The van der Waals surface area contributed by atoms with Crippen LogP contribution in [0.1, 0.15) is 30.1 Å². The molecule has 1 N–H and O–H groups in total. The van der Waals surface area contributed by atoms with Crippen molar-refractivity contribution in [2.45, 2.75) is 25.8 Å². The molecule has 0 spiro atoms. The second-order valence-corrected chi connectivity index (χ2v) is 4.12. The molecule has 0 bridgehead atoms. The standard InChI is InChI=1S/C11H12BrN3O/c1-2-9(5-6-13)15-11(16)8-3-4-10(12)14-7-8/h3-4,7,9H,2,5H2,1H3,(H,15,16). The molecule has 0 aliphatic carbocycles. The summed E-state index contributed by atoms with van der Waals surface area (Å²) in [6.45, 7) is 1.93. The molecule has 0 fully saturated rings. The van der Waals surface area contributed by atoms with Crippen molar-refractivity contribution >= 4 is 21.8 Å². The molecule has 1 unspecified atom stereocenters. The van der Waals surface area contributed by atoms with Crippen molar-refractivity contribution < 1.29 is 4.79 Å². The van der Waals surface area contributed by atoms with E-state index < -0.39 is 0 Å². The van der Waals surface area contributed by atoms with E-state index in [0.717, 1.165) is 6.42 Å². The number of aromatic nitrogens is 1. The molecule has 16 heavy (non-hydrogen) atoms. The van der Waals surface area contributed by atoms with Crippen molar-refractivity contribution in [3.05, 3.63) is 28.5 Å². The van der Waals surface area contributed by atoms with Crippen LogP contribution in [0.25, 0.3) is 0 Å². The summed E-state index contributed by atoms with van der Waals surface area (Å²) in [6.07, 6.45) is 2.56. The van der Waals surface area contributed by atoms with Gasteiger partial charge in [0.1, 0.15) is 4.60 Å². The van der Waals surface area contributed by atoms with Crippen molar-refractivity contribution in [2.75, 3.05) is 0 Å². The van der Waals surface area contributed by atoms with Crippen LogP contribution in [0.2, 0.25) is 0 Å². The number of nitrogens with one attached hydrogen (secondary N) is 1. The van der Waals surface area contributed by atoms with Gasteiger partial charge in [0.2, 0.25) is 0 Å². The van der Waals surface area contributed by atoms with E-state index in [-0.39, 0.29) is 11.9 Å². The molecule has 1 aromatic rings. The Hall–Kier alpha value is -1.41. The van der Waals surface area contributed by atoms with Gasteiger partial charge in [0.25, 0.3) is 5.91 Å². The van der Waals surface area contributed by atoms with Crippen molar-refractivity contribution in [1.29, 1.82) is 5.26 Å². The Bertz CT molecular complexity index is 397. The molecule has 0 aromatic carbocycles. The zero-order valence-electron chi connectivity index (χ0n) is 8.90. The number of nitriles is 1. The van der Waals surface area contributed by atoms with Gasteiger partial charge in [0.05, 0.1) is 18.1 Å². The van der Waals surface area contributed by atoms with Gasteiger partial charge in [-0.25, -0.2) is 4.98 Å². The molecule has 0 radical (unpaired) electrons. The molecular weight excluding hydrogens is 270 g/mol. The predicted octanol–water partition coefficient (Wildman–Crippen LogP) is 2.27. The van der Waals surface area contributed by atoms with Gasteiger partial charge < -0.3 is 5.32 Å². The fraction of sp³-hybridized carbons (Fsp3) is 0.364. The first-order chi connectivity index (χ1) is 7.67. The molecule has 4 nitrogen and oxygen atoms in total. The quantitative estimate of drug-likeness (QED) is 0.861. The maximum atomic E-state index is 11.7. The van der Waals surface area contributed by atoms with Crippen LogP contribution in [0.4, 0.5) is 0 Å². The summed E-state index contributed by atoms with van der Waals surface area (Å²) in [5.41, 5.74) is 0.500. The molecular formula is C11H12BrN3O. The summed E-state index contributed by atoms with van der Waals surface area (Å²) >= 11 is 3.20. The summed E-state index contributed by atoms with van der Waals surface area (Å²) < 4.78 is 0.688. The SMILES string of the molecule is CCC(CC#N)NC(=O)c1ccc(Br)nc1. The van der Waals surface area contributed by atoms with Gasteiger partial charge in [0.15, 0.2) is 0 Å². The molecule has 1 aromatic heterocycles. The highest BCUT2D eigenvalue weighted by molar-refractivity contribution is 9.10. The summed E-state index contributed by atoms with van der Waals surface area (Å²) in [6, 6.07) is 5.35. The lowest BCUT2D eigenvalue weighted by molar-refractivity contribution is 0.0936. The van der Waals surface area contributed by atoms with Crippen LogP contribution in [0.15, 0.2) is 22.9 Å². The molecule has 1 heterocycles. The first-order valence-corrected chi connectivity index (χ1v) is 5.76. The number of halogens is 1. The van der Waals surface area contributed by atoms with Gasteiger partial charge in [-0.15, -0.1) is 0 Å². The van der Waals surface area contributed by atoms with E-state index in [1.54, 1.807) is 12.1 Å². The van der Waals surface area contributed by atoms with Crippen molar-refractivity contribution in [1.82, 2.24) is 10.3 Å². The number of carbonyl (C=O) groups excluding carboxylic acids is 1. The number of nitrogens with zero attached hydrogens (tertiary/aromatic N) is 2. The zero-order chi connectivity index (χ0) is 12.0. The monoisotopic (exact) mass is 281 g/mol. The van der Waals surface area contributed by atoms with E-state index in [1.165, 1.54) is 6.20 Å². The van der Waals surface area contributed by atoms with Crippen LogP contribution < -0.4 is 5.32 Å². The second-order valence-electron chi connectivity index (χ2n) is 3.31. The van der Waals surface area contributed by atoms with Crippen LogP contribution in [0, 0.1) is 11.3 Å². The predicted molar refractivity (Wildman–Crippen MR) is 63.7 cm³/mol.